The minimum atomic E-state index is -0.187. The summed E-state index contributed by atoms with van der Waals surface area (Å²) in [7, 11) is 0. The largest absolute Gasteiger partial charge is 0.374 e. The van der Waals surface area contributed by atoms with E-state index >= 15 is 0 Å². The van der Waals surface area contributed by atoms with Crippen molar-refractivity contribution in [3.05, 3.63) is 65.2 Å². The van der Waals surface area contributed by atoms with Gasteiger partial charge in [-0.2, -0.15) is 5.26 Å². The molecule has 3 rings (SSSR count). The summed E-state index contributed by atoms with van der Waals surface area (Å²) in [6, 6.07) is 17.4. The maximum atomic E-state index is 12.5. The molecular weight excluding hydrogens is 286 g/mol. The van der Waals surface area contributed by atoms with Crippen LogP contribution in [0.25, 0.3) is 0 Å². The normalized spacial score (nSPS) is 17.1. The Morgan fingerprint density at radius 2 is 1.87 bits per heavy atom. The summed E-state index contributed by atoms with van der Waals surface area (Å²) >= 11 is 0. The highest BCUT2D eigenvalue weighted by Crippen LogP contribution is 2.20. The molecule has 4 nitrogen and oxygen atoms in total. The van der Waals surface area contributed by atoms with Gasteiger partial charge in [-0.05, 0) is 43.2 Å². The number of aryl methyl sites for hydroxylation is 1. The lowest BCUT2D eigenvalue weighted by Crippen LogP contribution is -2.33. The molecule has 116 valence electrons. The van der Waals surface area contributed by atoms with E-state index in [1.807, 2.05) is 17.0 Å². The Hall–Kier alpha value is -2.80. The number of carbonyl (C=O) groups is 1. The molecule has 23 heavy (non-hydrogen) atoms. The Morgan fingerprint density at radius 1 is 1.17 bits per heavy atom. The molecule has 1 aliphatic heterocycles. The molecule has 1 atom stereocenters. The molecule has 0 saturated carbocycles. The third-order valence-corrected chi connectivity index (χ3v) is 4.15. The van der Waals surface area contributed by atoms with Crippen molar-refractivity contribution < 1.29 is 4.79 Å². The van der Waals surface area contributed by atoms with Crippen molar-refractivity contribution in [3.8, 4) is 6.07 Å². The number of nitrogens with one attached hydrogen (secondary N) is 1. The average Bonchev–Trinajstić information content (AvgIpc) is 2.91. The zero-order valence-corrected chi connectivity index (χ0v) is 13.1. The summed E-state index contributed by atoms with van der Waals surface area (Å²) in [5.41, 5.74) is 3.87. The van der Waals surface area contributed by atoms with Crippen molar-refractivity contribution in [3.63, 3.8) is 0 Å². The molecule has 1 saturated heterocycles. The molecule has 0 radical (unpaired) electrons. The Morgan fingerprint density at radius 3 is 2.52 bits per heavy atom. The average molecular weight is 305 g/mol. The van der Waals surface area contributed by atoms with Gasteiger partial charge in [-0.1, -0.05) is 29.8 Å². The van der Waals surface area contributed by atoms with Gasteiger partial charge in [0.15, 0.2) is 0 Å². The third kappa shape index (κ3) is 3.51. The first-order valence-electron chi connectivity index (χ1n) is 7.77. The fourth-order valence-corrected chi connectivity index (χ4v) is 2.79. The van der Waals surface area contributed by atoms with E-state index in [0.717, 1.165) is 24.2 Å². The van der Waals surface area contributed by atoms with Gasteiger partial charge in [0.25, 0.3) is 0 Å². The van der Waals surface area contributed by atoms with Crippen LogP contribution in [-0.4, -0.2) is 23.4 Å². The molecule has 0 aliphatic carbocycles. The van der Waals surface area contributed by atoms with Gasteiger partial charge >= 0.3 is 0 Å². The standard InChI is InChI=1S/C19H19N3O/c1-14-2-4-16(5-3-14)13-22-11-10-18(19(22)23)21-17-8-6-15(12-20)7-9-17/h2-9,18,21H,10-11,13H2,1H3. The van der Waals surface area contributed by atoms with Crippen LogP contribution < -0.4 is 5.32 Å². The minimum Gasteiger partial charge on any atom is -0.374 e. The van der Waals surface area contributed by atoms with Gasteiger partial charge in [0.1, 0.15) is 6.04 Å². The summed E-state index contributed by atoms with van der Waals surface area (Å²) in [4.78, 5) is 14.4. The van der Waals surface area contributed by atoms with Crippen molar-refractivity contribution in [2.45, 2.75) is 25.9 Å². The summed E-state index contributed by atoms with van der Waals surface area (Å²) in [5.74, 6) is 0.134. The van der Waals surface area contributed by atoms with Gasteiger partial charge in [0.05, 0.1) is 11.6 Å². The monoisotopic (exact) mass is 305 g/mol. The fourth-order valence-electron chi connectivity index (χ4n) is 2.79. The molecule has 1 unspecified atom stereocenters. The molecule has 4 heteroatoms. The lowest BCUT2D eigenvalue weighted by atomic mass is 10.1. The van der Waals surface area contributed by atoms with Crippen LogP contribution in [0.1, 0.15) is 23.1 Å². The van der Waals surface area contributed by atoms with E-state index in [0.29, 0.717) is 12.1 Å². The molecule has 1 amide bonds. The number of likely N-dealkylation sites (tertiary alicyclic amines) is 1. The van der Waals surface area contributed by atoms with Gasteiger partial charge in [-0.15, -0.1) is 0 Å². The van der Waals surface area contributed by atoms with Gasteiger partial charge in [0, 0.05) is 18.8 Å². The molecule has 2 aromatic rings. The Labute approximate surface area is 136 Å². The topological polar surface area (TPSA) is 56.1 Å². The second-order valence-corrected chi connectivity index (χ2v) is 5.92. The second-order valence-electron chi connectivity index (χ2n) is 5.92. The van der Waals surface area contributed by atoms with Crippen LogP contribution in [0, 0.1) is 18.3 Å². The molecular formula is C19H19N3O. The lowest BCUT2D eigenvalue weighted by molar-refractivity contribution is -0.128. The van der Waals surface area contributed by atoms with Crippen LogP contribution in [0.2, 0.25) is 0 Å². The van der Waals surface area contributed by atoms with Gasteiger partial charge in [-0.3, -0.25) is 4.79 Å². The van der Waals surface area contributed by atoms with E-state index in [-0.39, 0.29) is 11.9 Å². The third-order valence-electron chi connectivity index (χ3n) is 4.15. The van der Waals surface area contributed by atoms with Crippen molar-refractivity contribution in [2.24, 2.45) is 0 Å². The smallest absolute Gasteiger partial charge is 0.245 e. The SMILES string of the molecule is Cc1ccc(CN2CCC(Nc3ccc(C#N)cc3)C2=O)cc1. The lowest BCUT2D eigenvalue weighted by Gasteiger charge is -2.18. The first kappa shape index (κ1) is 15.1. The van der Waals surface area contributed by atoms with Crippen LogP contribution in [0.4, 0.5) is 5.69 Å². The fraction of sp³-hybridized carbons (Fsp3) is 0.263. The number of nitrogens with zero attached hydrogens (tertiary/aromatic N) is 2. The highest BCUT2D eigenvalue weighted by Gasteiger charge is 2.31. The van der Waals surface area contributed by atoms with Gasteiger partial charge < -0.3 is 10.2 Å². The van der Waals surface area contributed by atoms with Crippen molar-refractivity contribution in [2.75, 3.05) is 11.9 Å². The number of rotatable bonds is 4. The molecule has 1 heterocycles. The summed E-state index contributed by atoms with van der Waals surface area (Å²) in [5, 5.41) is 12.1. The number of nitriles is 1. The molecule has 1 fully saturated rings. The zero-order chi connectivity index (χ0) is 16.2. The molecule has 2 aromatic carbocycles. The Bertz CT molecular complexity index is 729. The van der Waals surface area contributed by atoms with E-state index in [2.05, 4.69) is 42.6 Å². The van der Waals surface area contributed by atoms with E-state index in [4.69, 9.17) is 5.26 Å². The maximum Gasteiger partial charge on any atom is 0.245 e. The predicted molar refractivity (Wildman–Crippen MR) is 89.8 cm³/mol. The summed E-state index contributed by atoms with van der Waals surface area (Å²) in [6.45, 7) is 3.48. The summed E-state index contributed by atoms with van der Waals surface area (Å²) in [6.07, 6.45) is 0.796. The molecule has 0 bridgehead atoms. The van der Waals surface area contributed by atoms with Crippen molar-refractivity contribution >= 4 is 11.6 Å². The summed E-state index contributed by atoms with van der Waals surface area (Å²) < 4.78 is 0. The van der Waals surface area contributed by atoms with Crippen LogP contribution in [0.5, 0.6) is 0 Å². The van der Waals surface area contributed by atoms with Crippen molar-refractivity contribution in [1.82, 2.24) is 4.90 Å². The first-order chi connectivity index (χ1) is 11.2. The van der Waals surface area contributed by atoms with Crippen LogP contribution in [-0.2, 0) is 11.3 Å². The molecule has 1 N–H and O–H groups in total. The van der Waals surface area contributed by atoms with Crippen molar-refractivity contribution in [1.29, 1.82) is 5.26 Å². The Balaban J connectivity index is 1.61. The van der Waals surface area contributed by atoms with Crippen LogP contribution >= 0.6 is 0 Å². The second kappa shape index (κ2) is 6.53. The molecule has 0 spiro atoms. The minimum absolute atomic E-state index is 0.134. The molecule has 0 aromatic heterocycles. The van der Waals surface area contributed by atoms with Crippen LogP contribution in [0.3, 0.4) is 0 Å². The number of hydrogen-bond acceptors (Lipinski definition) is 3. The quantitative estimate of drug-likeness (QED) is 0.944. The Kier molecular flexibility index (Phi) is 4.29. The number of hydrogen-bond donors (Lipinski definition) is 1. The maximum absolute atomic E-state index is 12.5. The van der Waals surface area contributed by atoms with E-state index in [1.54, 1.807) is 12.1 Å². The van der Waals surface area contributed by atoms with E-state index in [9.17, 15) is 4.79 Å². The number of carbonyl (C=O) groups excluding carboxylic acids is 1. The van der Waals surface area contributed by atoms with Gasteiger partial charge in [0.2, 0.25) is 5.91 Å². The first-order valence-corrected chi connectivity index (χ1v) is 7.77. The van der Waals surface area contributed by atoms with Crippen LogP contribution in [0.15, 0.2) is 48.5 Å². The highest BCUT2D eigenvalue weighted by molar-refractivity contribution is 5.86. The zero-order valence-electron chi connectivity index (χ0n) is 13.1. The van der Waals surface area contributed by atoms with E-state index in [1.165, 1.54) is 5.56 Å². The van der Waals surface area contributed by atoms with E-state index < -0.39 is 0 Å². The number of amides is 1. The molecule has 1 aliphatic rings. The number of anilines is 1. The predicted octanol–water partition coefficient (Wildman–Crippen LogP) is 3.08. The highest BCUT2D eigenvalue weighted by atomic mass is 16.2. The van der Waals surface area contributed by atoms with Gasteiger partial charge in [-0.25, -0.2) is 0 Å². The number of benzene rings is 2.